The summed E-state index contributed by atoms with van der Waals surface area (Å²) < 4.78 is 4.93. The number of aromatic nitrogens is 1. The van der Waals surface area contributed by atoms with Gasteiger partial charge in [-0.2, -0.15) is 0 Å². The van der Waals surface area contributed by atoms with Crippen molar-refractivity contribution in [3.8, 4) is 0 Å². The van der Waals surface area contributed by atoms with Gasteiger partial charge in [-0.05, 0) is 18.1 Å². The summed E-state index contributed by atoms with van der Waals surface area (Å²) in [5.74, 6) is -1.00. The Kier molecular flexibility index (Phi) is 5.26. The number of methoxy groups -OCH3 is 1. The van der Waals surface area contributed by atoms with Crippen LogP contribution in [0.4, 0.5) is 5.82 Å². The second kappa shape index (κ2) is 6.70. The predicted molar refractivity (Wildman–Crippen MR) is 65.5 cm³/mol. The molecule has 1 aromatic heterocycles. The summed E-state index contributed by atoms with van der Waals surface area (Å²) in [6, 6.07) is 4.45. The van der Waals surface area contributed by atoms with E-state index in [-0.39, 0.29) is 23.3 Å². The zero-order valence-corrected chi connectivity index (χ0v) is 10.3. The van der Waals surface area contributed by atoms with E-state index in [1.165, 1.54) is 12.1 Å². The highest BCUT2D eigenvalue weighted by Gasteiger charge is 2.11. The summed E-state index contributed by atoms with van der Waals surface area (Å²) in [7, 11) is 1.58. The smallest absolute Gasteiger partial charge is 0.354 e. The van der Waals surface area contributed by atoms with Gasteiger partial charge in [0.05, 0.1) is 0 Å². The first-order valence-corrected chi connectivity index (χ1v) is 5.52. The molecule has 2 N–H and O–H groups in total. The van der Waals surface area contributed by atoms with Crippen molar-refractivity contribution in [2.45, 2.75) is 13.3 Å². The van der Waals surface area contributed by atoms with Gasteiger partial charge < -0.3 is 15.2 Å². The van der Waals surface area contributed by atoms with Gasteiger partial charge in [0.2, 0.25) is 5.91 Å². The van der Waals surface area contributed by atoms with Gasteiger partial charge in [0.15, 0.2) is 5.69 Å². The van der Waals surface area contributed by atoms with Crippen LogP contribution in [0.25, 0.3) is 0 Å². The minimum absolute atomic E-state index is 0.0951. The lowest BCUT2D eigenvalue weighted by molar-refractivity contribution is -0.117. The van der Waals surface area contributed by atoms with Gasteiger partial charge in [-0.15, -0.1) is 0 Å². The molecular formula is C12H16N2O4. The molecule has 0 aromatic carbocycles. The number of anilines is 1. The highest BCUT2D eigenvalue weighted by molar-refractivity contribution is 5.91. The number of carboxylic acid groups (broad SMARTS) is 1. The van der Waals surface area contributed by atoms with Crippen LogP contribution < -0.4 is 5.32 Å². The fourth-order valence-electron chi connectivity index (χ4n) is 1.48. The topological polar surface area (TPSA) is 88.5 Å². The number of carbonyl (C=O) groups is 2. The fourth-order valence-corrected chi connectivity index (χ4v) is 1.48. The number of nitrogens with zero attached hydrogens (tertiary/aromatic N) is 1. The lowest BCUT2D eigenvalue weighted by Crippen LogP contribution is -2.18. The number of nitrogens with one attached hydrogen (secondary N) is 1. The second-order valence-electron chi connectivity index (χ2n) is 4.03. The Bertz CT molecular complexity index is 434. The molecular weight excluding hydrogens is 236 g/mol. The van der Waals surface area contributed by atoms with E-state index in [0.717, 1.165) is 0 Å². The zero-order valence-electron chi connectivity index (χ0n) is 10.3. The van der Waals surface area contributed by atoms with Gasteiger partial charge in [0.1, 0.15) is 5.82 Å². The third kappa shape index (κ3) is 4.50. The van der Waals surface area contributed by atoms with E-state index in [0.29, 0.717) is 13.0 Å². The number of ether oxygens (including phenoxy) is 1. The number of aromatic carboxylic acids is 1. The van der Waals surface area contributed by atoms with Crippen molar-refractivity contribution >= 4 is 17.7 Å². The van der Waals surface area contributed by atoms with Gasteiger partial charge in [0, 0.05) is 20.1 Å². The minimum Gasteiger partial charge on any atom is -0.477 e. The van der Waals surface area contributed by atoms with Crippen LogP contribution in [0.3, 0.4) is 0 Å². The van der Waals surface area contributed by atoms with E-state index in [9.17, 15) is 9.59 Å². The maximum absolute atomic E-state index is 11.6. The molecule has 98 valence electrons. The maximum atomic E-state index is 11.6. The summed E-state index contributed by atoms with van der Waals surface area (Å²) in [4.78, 5) is 26.1. The number of carbonyl (C=O) groups excluding carboxylic acids is 1. The van der Waals surface area contributed by atoms with Gasteiger partial charge in [-0.3, -0.25) is 4.79 Å². The van der Waals surface area contributed by atoms with Crippen LogP contribution in [0.1, 0.15) is 23.8 Å². The number of hydrogen-bond acceptors (Lipinski definition) is 4. The Morgan fingerprint density at radius 2 is 2.22 bits per heavy atom. The third-order valence-corrected chi connectivity index (χ3v) is 2.22. The van der Waals surface area contributed by atoms with Crippen molar-refractivity contribution in [2.75, 3.05) is 19.0 Å². The van der Waals surface area contributed by atoms with E-state index in [1.54, 1.807) is 13.2 Å². The predicted octanol–water partition coefficient (Wildman–Crippen LogP) is 1.39. The first-order chi connectivity index (χ1) is 8.52. The van der Waals surface area contributed by atoms with Gasteiger partial charge in [-0.25, -0.2) is 9.78 Å². The Labute approximate surface area is 105 Å². The fraction of sp³-hybridized carbons (Fsp3) is 0.417. The van der Waals surface area contributed by atoms with E-state index in [4.69, 9.17) is 9.84 Å². The molecule has 1 rings (SSSR count). The van der Waals surface area contributed by atoms with Crippen LogP contribution in [-0.2, 0) is 9.53 Å². The van der Waals surface area contributed by atoms with E-state index >= 15 is 0 Å². The summed E-state index contributed by atoms with van der Waals surface area (Å²) in [5.41, 5.74) is -0.0993. The number of carboxylic acids is 1. The maximum Gasteiger partial charge on any atom is 0.354 e. The molecule has 6 nitrogen and oxygen atoms in total. The molecule has 1 heterocycles. The van der Waals surface area contributed by atoms with Crippen LogP contribution in [-0.4, -0.2) is 35.7 Å². The molecule has 1 atom stereocenters. The van der Waals surface area contributed by atoms with Crippen molar-refractivity contribution in [3.05, 3.63) is 23.9 Å². The molecule has 1 unspecified atom stereocenters. The summed E-state index contributed by atoms with van der Waals surface area (Å²) >= 11 is 0. The molecule has 0 radical (unpaired) electrons. The van der Waals surface area contributed by atoms with Crippen molar-refractivity contribution in [1.82, 2.24) is 4.98 Å². The van der Waals surface area contributed by atoms with Crippen LogP contribution in [0.2, 0.25) is 0 Å². The average Bonchev–Trinajstić information content (AvgIpc) is 2.29. The average molecular weight is 252 g/mol. The van der Waals surface area contributed by atoms with Gasteiger partial charge in [-0.1, -0.05) is 13.0 Å². The molecule has 1 aromatic rings. The molecule has 0 saturated carbocycles. The zero-order chi connectivity index (χ0) is 13.5. The Hall–Kier alpha value is -1.95. The molecule has 0 aliphatic rings. The first kappa shape index (κ1) is 14.1. The molecule has 0 bridgehead atoms. The minimum atomic E-state index is -1.13. The summed E-state index contributed by atoms with van der Waals surface area (Å²) in [6.07, 6.45) is 0.298. The van der Waals surface area contributed by atoms with Crippen molar-refractivity contribution in [1.29, 1.82) is 0 Å². The Balaban J connectivity index is 2.59. The molecule has 1 amide bonds. The molecule has 0 aliphatic heterocycles. The van der Waals surface area contributed by atoms with Gasteiger partial charge in [0.25, 0.3) is 0 Å². The number of amides is 1. The van der Waals surface area contributed by atoms with Crippen molar-refractivity contribution in [2.24, 2.45) is 5.92 Å². The van der Waals surface area contributed by atoms with Crippen LogP contribution in [0, 0.1) is 5.92 Å². The molecule has 0 fully saturated rings. The Morgan fingerprint density at radius 1 is 1.50 bits per heavy atom. The SMILES string of the molecule is COCC(C)CC(=O)Nc1cccc(C(=O)O)n1. The van der Waals surface area contributed by atoms with Crippen molar-refractivity contribution < 1.29 is 19.4 Å². The molecule has 0 saturated heterocycles. The highest BCUT2D eigenvalue weighted by atomic mass is 16.5. The molecule has 6 heteroatoms. The number of rotatable bonds is 6. The van der Waals surface area contributed by atoms with E-state index in [2.05, 4.69) is 10.3 Å². The third-order valence-electron chi connectivity index (χ3n) is 2.22. The van der Waals surface area contributed by atoms with Crippen molar-refractivity contribution in [3.63, 3.8) is 0 Å². The second-order valence-corrected chi connectivity index (χ2v) is 4.03. The summed E-state index contributed by atoms with van der Waals surface area (Å²) in [5, 5.41) is 11.3. The van der Waals surface area contributed by atoms with Crippen LogP contribution >= 0.6 is 0 Å². The standard InChI is InChI=1S/C12H16N2O4/c1-8(7-18-2)6-11(15)14-10-5-3-4-9(13-10)12(16)17/h3-5,8H,6-7H2,1-2H3,(H,16,17)(H,13,14,15). The number of pyridine rings is 1. The summed E-state index contributed by atoms with van der Waals surface area (Å²) in [6.45, 7) is 2.39. The lowest BCUT2D eigenvalue weighted by Gasteiger charge is -2.10. The van der Waals surface area contributed by atoms with E-state index in [1.807, 2.05) is 6.92 Å². The monoisotopic (exact) mass is 252 g/mol. The van der Waals surface area contributed by atoms with Gasteiger partial charge >= 0.3 is 5.97 Å². The molecule has 0 spiro atoms. The highest BCUT2D eigenvalue weighted by Crippen LogP contribution is 2.08. The van der Waals surface area contributed by atoms with Crippen LogP contribution in [0.15, 0.2) is 18.2 Å². The number of hydrogen-bond donors (Lipinski definition) is 2. The lowest BCUT2D eigenvalue weighted by atomic mass is 10.1. The van der Waals surface area contributed by atoms with E-state index < -0.39 is 5.97 Å². The molecule has 18 heavy (non-hydrogen) atoms. The first-order valence-electron chi connectivity index (χ1n) is 5.52. The van der Waals surface area contributed by atoms with Crippen LogP contribution in [0.5, 0.6) is 0 Å². The normalized spacial score (nSPS) is 11.9. The largest absolute Gasteiger partial charge is 0.477 e. The molecule has 0 aliphatic carbocycles. The Morgan fingerprint density at radius 3 is 2.83 bits per heavy atom. The quantitative estimate of drug-likeness (QED) is 0.798.